The normalized spacial score (nSPS) is 22.6. The summed E-state index contributed by atoms with van der Waals surface area (Å²) in [4.78, 5) is 13.0. The third-order valence-corrected chi connectivity index (χ3v) is 4.24. The van der Waals surface area contributed by atoms with Gasteiger partial charge in [0.05, 0.1) is 4.92 Å². The summed E-state index contributed by atoms with van der Waals surface area (Å²) in [5, 5.41) is 11.1. The molecular formula is C15H23N3O2. The molecule has 0 unspecified atom stereocenters. The first kappa shape index (κ1) is 14.8. The number of aryl methyl sites for hydroxylation is 1. The van der Waals surface area contributed by atoms with E-state index in [1.54, 1.807) is 13.0 Å². The van der Waals surface area contributed by atoms with E-state index in [0.717, 1.165) is 37.9 Å². The van der Waals surface area contributed by atoms with Crippen LogP contribution in [0.3, 0.4) is 0 Å². The predicted molar refractivity (Wildman–Crippen MR) is 81.1 cm³/mol. The van der Waals surface area contributed by atoms with Crippen LogP contribution in [0.15, 0.2) is 18.2 Å². The van der Waals surface area contributed by atoms with Gasteiger partial charge in [0, 0.05) is 35.9 Å². The molecular weight excluding hydrogens is 254 g/mol. The first-order valence-electron chi connectivity index (χ1n) is 7.30. The lowest BCUT2D eigenvalue weighted by molar-refractivity contribution is -0.385. The second-order valence-corrected chi connectivity index (χ2v) is 5.58. The Morgan fingerprint density at radius 2 is 2.00 bits per heavy atom. The van der Waals surface area contributed by atoms with Crippen molar-refractivity contribution in [3.8, 4) is 0 Å². The van der Waals surface area contributed by atoms with E-state index in [2.05, 4.69) is 11.8 Å². The average Bonchev–Trinajstić information content (AvgIpc) is 2.43. The molecule has 1 fully saturated rings. The zero-order chi connectivity index (χ0) is 14.7. The van der Waals surface area contributed by atoms with Crippen molar-refractivity contribution < 1.29 is 4.92 Å². The molecule has 0 radical (unpaired) electrons. The number of rotatable bonds is 4. The van der Waals surface area contributed by atoms with Crippen molar-refractivity contribution in [3.63, 3.8) is 0 Å². The minimum absolute atomic E-state index is 0.202. The maximum atomic E-state index is 11.1. The first-order chi connectivity index (χ1) is 9.52. The highest BCUT2D eigenvalue weighted by molar-refractivity contribution is 5.57. The highest BCUT2D eigenvalue weighted by atomic mass is 16.6. The number of nitrogens with two attached hydrogens (primary N) is 1. The van der Waals surface area contributed by atoms with Crippen LogP contribution in [0.5, 0.6) is 0 Å². The second kappa shape index (κ2) is 6.22. The van der Waals surface area contributed by atoms with E-state index >= 15 is 0 Å². The van der Waals surface area contributed by atoms with Crippen LogP contribution in [0.25, 0.3) is 0 Å². The van der Waals surface area contributed by atoms with Crippen LogP contribution >= 0.6 is 0 Å². The molecule has 0 spiro atoms. The molecule has 1 aromatic rings. The van der Waals surface area contributed by atoms with Gasteiger partial charge >= 0.3 is 0 Å². The van der Waals surface area contributed by atoms with Crippen LogP contribution in [-0.4, -0.2) is 23.6 Å². The van der Waals surface area contributed by atoms with Crippen molar-refractivity contribution >= 4 is 11.4 Å². The number of hydrogen-bond acceptors (Lipinski definition) is 4. The lowest BCUT2D eigenvalue weighted by atomic mass is 9.90. The summed E-state index contributed by atoms with van der Waals surface area (Å²) < 4.78 is 0. The van der Waals surface area contributed by atoms with Gasteiger partial charge in [-0.05, 0) is 45.6 Å². The molecule has 0 amide bonds. The molecule has 0 saturated heterocycles. The number of nitrogens with zero attached hydrogens (tertiary/aromatic N) is 2. The van der Waals surface area contributed by atoms with E-state index < -0.39 is 0 Å². The molecule has 20 heavy (non-hydrogen) atoms. The molecule has 1 aliphatic rings. The standard InChI is InChI=1S/C15H23N3O2/c1-3-17(13-8-5-12(16)6-9-13)14-7-4-11(2)15(10-14)18(19)20/h4,7,10,12-13H,3,5-6,8-9,16H2,1-2H3. The number of anilines is 1. The number of nitro groups is 1. The summed E-state index contributed by atoms with van der Waals surface area (Å²) in [5.41, 5.74) is 7.81. The fourth-order valence-corrected chi connectivity index (χ4v) is 3.04. The average molecular weight is 277 g/mol. The van der Waals surface area contributed by atoms with Crippen LogP contribution in [0.2, 0.25) is 0 Å². The van der Waals surface area contributed by atoms with Crippen LogP contribution in [-0.2, 0) is 0 Å². The maximum Gasteiger partial charge on any atom is 0.274 e. The van der Waals surface area contributed by atoms with Gasteiger partial charge < -0.3 is 10.6 Å². The summed E-state index contributed by atoms with van der Waals surface area (Å²) in [6.07, 6.45) is 4.21. The minimum Gasteiger partial charge on any atom is -0.369 e. The fraction of sp³-hybridized carbons (Fsp3) is 0.600. The van der Waals surface area contributed by atoms with E-state index in [1.807, 2.05) is 12.1 Å². The molecule has 0 heterocycles. The van der Waals surface area contributed by atoms with Crippen molar-refractivity contribution in [2.45, 2.75) is 51.6 Å². The molecule has 110 valence electrons. The number of hydrogen-bond donors (Lipinski definition) is 1. The molecule has 0 bridgehead atoms. The lowest BCUT2D eigenvalue weighted by Crippen LogP contribution is -2.41. The second-order valence-electron chi connectivity index (χ2n) is 5.58. The van der Waals surface area contributed by atoms with Gasteiger partial charge in [-0.3, -0.25) is 10.1 Å². The maximum absolute atomic E-state index is 11.1. The minimum atomic E-state index is -0.302. The van der Waals surface area contributed by atoms with Crippen molar-refractivity contribution in [1.82, 2.24) is 0 Å². The van der Waals surface area contributed by atoms with Gasteiger partial charge in [0.2, 0.25) is 0 Å². The van der Waals surface area contributed by atoms with Crippen LogP contribution in [0.1, 0.15) is 38.2 Å². The van der Waals surface area contributed by atoms with Gasteiger partial charge in [-0.2, -0.15) is 0 Å². The van der Waals surface area contributed by atoms with Crippen molar-refractivity contribution in [1.29, 1.82) is 0 Å². The Balaban J connectivity index is 2.23. The fourth-order valence-electron chi connectivity index (χ4n) is 3.04. The molecule has 2 rings (SSSR count). The van der Waals surface area contributed by atoms with Gasteiger partial charge in [0.15, 0.2) is 0 Å². The van der Waals surface area contributed by atoms with Crippen molar-refractivity contribution in [2.24, 2.45) is 5.73 Å². The van der Waals surface area contributed by atoms with Crippen LogP contribution in [0.4, 0.5) is 11.4 Å². The molecule has 5 heteroatoms. The third-order valence-electron chi connectivity index (χ3n) is 4.24. The van der Waals surface area contributed by atoms with Crippen LogP contribution < -0.4 is 10.6 Å². The molecule has 2 N–H and O–H groups in total. The quantitative estimate of drug-likeness (QED) is 0.678. The molecule has 1 aromatic carbocycles. The molecule has 0 aliphatic heterocycles. The first-order valence-corrected chi connectivity index (χ1v) is 7.30. The zero-order valence-corrected chi connectivity index (χ0v) is 12.2. The molecule has 0 atom stereocenters. The molecule has 1 saturated carbocycles. The molecule has 0 aromatic heterocycles. The molecule has 1 aliphatic carbocycles. The van der Waals surface area contributed by atoms with Crippen molar-refractivity contribution in [3.05, 3.63) is 33.9 Å². The Morgan fingerprint density at radius 3 is 2.55 bits per heavy atom. The topological polar surface area (TPSA) is 72.4 Å². The van der Waals surface area contributed by atoms with E-state index in [1.165, 1.54) is 0 Å². The number of benzene rings is 1. The zero-order valence-electron chi connectivity index (χ0n) is 12.2. The van der Waals surface area contributed by atoms with Gasteiger partial charge in [-0.1, -0.05) is 6.07 Å². The van der Waals surface area contributed by atoms with Gasteiger partial charge in [-0.15, -0.1) is 0 Å². The Hall–Kier alpha value is -1.62. The SMILES string of the molecule is CCN(c1ccc(C)c([N+](=O)[O-])c1)C1CCC(N)CC1. The van der Waals surface area contributed by atoms with E-state index in [9.17, 15) is 10.1 Å². The van der Waals surface area contributed by atoms with Gasteiger partial charge in [-0.25, -0.2) is 0 Å². The van der Waals surface area contributed by atoms with Gasteiger partial charge in [0.1, 0.15) is 0 Å². The monoisotopic (exact) mass is 277 g/mol. The van der Waals surface area contributed by atoms with Crippen LogP contribution in [0, 0.1) is 17.0 Å². The third kappa shape index (κ3) is 3.10. The Kier molecular flexibility index (Phi) is 4.60. The highest BCUT2D eigenvalue weighted by Crippen LogP contribution is 2.30. The summed E-state index contributed by atoms with van der Waals surface area (Å²) >= 11 is 0. The summed E-state index contributed by atoms with van der Waals surface area (Å²) in [5.74, 6) is 0. The Labute approximate surface area is 119 Å². The predicted octanol–water partition coefficient (Wildman–Crippen LogP) is 3.00. The van der Waals surface area contributed by atoms with E-state index in [4.69, 9.17) is 5.73 Å². The smallest absolute Gasteiger partial charge is 0.274 e. The molecule has 5 nitrogen and oxygen atoms in total. The lowest BCUT2D eigenvalue weighted by Gasteiger charge is -2.37. The van der Waals surface area contributed by atoms with E-state index in [0.29, 0.717) is 17.6 Å². The summed E-state index contributed by atoms with van der Waals surface area (Å²) in [6.45, 7) is 4.73. The number of nitro benzene ring substituents is 1. The summed E-state index contributed by atoms with van der Waals surface area (Å²) in [7, 11) is 0. The summed E-state index contributed by atoms with van der Waals surface area (Å²) in [6, 6.07) is 6.29. The Morgan fingerprint density at radius 1 is 1.35 bits per heavy atom. The Bertz CT molecular complexity index is 482. The largest absolute Gasteiger partial charge is 0.369 e. The highest BCUT2D eigenvalue weighted by Gasteiger charge is 2.24. The van der Waals surface area contributed by atoms with Gasteiger partial charge in [0.25, 0.3) is 5.69 Å². The van der Waals surface area contributed by atoms with E-state index in [-0.39, 0.29) is 10.6 Å². The van der Waals surface area contributed by atoms with Crippen molar-refractivity contribution in [2.75, 3.05) is 11.4 Å².